The molecule has 0 spiro atoms. The lowest BCUT2D eigenvalue weighted by molar-refractivity contribution is -0.384. The molecule has 2 aromatic rings. The number of nitro groups is 1. The summed E-state index contributed by atoms with van der Waals surface area (Å²) in [5.74, 6) is 0.563. The van der Waals surface area contributed by atoms with Crippen molar-refractivity contribution >= 4 is 5.69 Å². The van der Waals surface area contributed by atoms with Gasteiger partial charge in [0, 0.05) is 42.0 Å². The largest absolute Gasteiger partial charge is 0.307 e. The number of rotatable bonds is 3. The summed E-state index contributed by atoms with van der Waals surface area (Å²) in [6.45, 7) is 3.58. The van der Waals surface area contributed by atoms with E-state index in [0.29, 0.717) is 11.4 Å². The first-order valence-corrected chi connectivity index (χ1v) is 6.53. The van der Waals surface area contributed by atoms with Crippen LogP contribution in [-0.4, -0.2) is 14.9 Å². The average Bonchev–Trinajstić information content (AvgIpc) is 2.94. The number of fused-ring (bicyclic) bond motifs is 1. The molecule has 1 N–H and O–H groups in total. The third kappa shape index (κ3) is 2.14. The van der Waals surface area contributed by atoms with Crippen LogP contribution in [0.2, 0.25) is 0 Å². The van der Waals surface area contributed by atoms with Crippen LogP contribution < -0.4 is 5.32 Å². The Morgan fingerprint density at radius 3 is 2.95 bits per heavy atom. The van der Waals surface area contributed by atoms with Gasteiger partial charge in [-0.05, 0) is 6.42 Å². The second-order valence-corrected chi connectivity index (χ2v) is 4.68. The first-order valence-electron chi connectivity index (χ1n) is 6.53. The van der Waals surface area contributed by atoms with Gasteiger partial charge in [-0.2, -0.15) is 0 Å². The van der Waals surface area contributed by atoms with Crippen LogP contribution in [0.25, 0.3) is 11.4 Å². The normalized spacial score (nSPS) is 13.2. The molecule has 0 radical (unpaired) electrons. The fourth-order valence-electron chi connectivity index (χ4n) is 2.42. The minimum Gasteiger partial charge on any atom is -0.307 e. The maximum atomic E-state index is 10.8. The van der Waals surface area contributed by atoms with Gasteiger partial charge in [-0.1, -0.05) is 19.1 Å². The second kappa shape index (κ2) is 4.97. The van der Waals surface area contributed by atoms with Crippen LogP contribution in [0, 0.1) is 10.1 Å². The highest BCUT2D eigenvalue weighted by Crippen LogP contribution is 2.25. The monoisotopic (exact) mass is 270 g/mol. The summed E-state index contributed by atoms with van der Waals surface area (Å²) in [6, 6.07) is 6.45. The van der Waals surface area contributed by atoms with Crippen molar-refractivity contribution in [2.24, 2.45) is 0 Å². The van der Waals surface area contributed by atoms with Gasteiger partial charge in [0.2, 0.25) is 0 Å². The summed E-state index contributed by atoms with van der Waals surface area (Å²) >= 11 is 0. The SMILES string of the molecule is CCc1nc(-c2cccc([N+](=O)[O-])c2)nc2c1CNC2. The van der Waals surface area contributed by atoms with Crippen LogP contribution in [-0.2, 0) is 19.5 Å². The molecule has 0 saturated carbocycles. The van der Waals surface area contributed by atoms with Crippen LogP contribution in [0.1, 0.15) is 23.9 Å². The first-order chi connectivity index (χ1) is 9.69. The van der Waals surface area contributed by atoms with Crippen LogP contribution in [0.4, 0.5) is 5.69 Å². The van der Waals surface area contributed by atoms with E-state index in [0.717, 1.165) is 30.9 Å². The van der Waals surface area contributed by atoms with E-state index in [9.17, 15) is 10.1 Å². The molecular weight excluding hydrogens is 256 g/mol. The van der Waals surface area contributed by atoms with Gasteiger partial charge in [-0.3, -0.25) is 10.1 Å². The van der Waals surface area contributed by atoms with E-state index < -0.39 is 4.92 Å². The average molecular weight is 270 g/mol. The molecule has 102 valence electrons. The molecule has 0 amide bonds. The van der Waals surface area contributed by atoms with E-state index >= 15 is 0 Å². The summed E-state index contributed by atoms with van der Waals surface area (Å²) in [5, 5.41) is 14.1. The van der Waals surface area contributed by atoms with Crippen molar-refractivity contribution in [3.8, 4) is 11.4 Å². The molecule has 0 aliphatic carbocycles. The molecule has 0 atom stereocenters. The molecule has 2 heterocycles. The number of non-ortho nitro benzene ring substituents is 1. The molecule has 0 unspecified atom stereocenters. The smallest absolute Gasteiger partial charge is 0.270 e. The van der Waals surface area contributed by atoms with Crippen molar-refractivity contribution in [2.75, 3.05) is 0 Å². The van der Waals surface area contributed by atoms with Crippen molar-refractivity contribution in [2.45, 2.75) is 26.4 Å². The van der Waals surface area contributed by atoms with Crippen molar-refractivity contribution in [3.05, 3.63) is 51.3 Å². The lowest BCUT2D eigenvalue weighted by atomic mass is 10.1. The lowest BCUT2D eigenvalue weighted by Gasteiger charge is -2.08. The van der Waals surface area contributed by atoms with E-state index in [1.165, 1.54) is 17.7 Å². The highest BCUT2D eigenvalue weighted by atomic mass is 16.6. The molecule has 1 aromatic heterocycles. The minimum absolute atomic E-state index is 0.0581. The van der Waals surface area contributed by atoms with E-state index in [2.05, 4.69) is 22.2 Å². The zero-order chi connectivity index (χ0) is 14.1. The minimum atomic E-state index is -0.404. The molecule has 1 aliphatic rings. The predicted molar refractivity (Wildman–Crippen MR) is 74.0 cm³/mol. The molecule has 0 saturated heterocycles. The number of nitrogens with one attached hydrogen (secondary N) is 1. The number of nitrogens with zero attached hydrogens (tertiary/aromatic N) is 3. The summed E-state index contributed by atoms with van der Waals surface area (Å²) in [7, 11) is 0. The molecule has 6 nitrogen and oxygen atoms in total. The van der Waals surface area contributed by atoms with Crippen LogP contribution >= 0.6 is 0 Å². The molecule has 6 heteroatoms. The van der Waals surface area contributed by atoms with E-state index in [-0.39, 0.29) is 5.69 Å². The Labute approximate surface area is 116 Å². The number of aromatic nitrogens is 2. The lowest BCUT2D eigenvalue weighted by Crippen LogP contribution is -2.03. The highest BCUT2D eigenvalue weighted by Gasteiger charge is 2.19. The highest BCUT2D eigenvalue weighted by molar-refractivity contribution is 5.60. The fraction of sp³-hybridized carbons (Fsp3) is 0.286. The van der Waals surface area contributed by atoms with Crippen molar-refractivity contribution in [3.63, 3.8) is 0 Å². The van der Waals surface area contributed by atoms with Gasteiger partial charge in [0.25, 0.3) is 5.69 Å². The standard InChI is InChI=1S/C14H14N4O2/c1-2-12-11-7-15-8-13(11)17-14(16-12)9-4-3-5-10(6-9)18(19)20/h3-6,15H,2,7-8H2,1H3. The van der Waals surface area contributed by atoms with Gasteiger partial charge in [-0.25, -0.2) is 9.97 Å². The summed E-state index contributed by atoms with van der Waals surface area (Å²) in [4.78, 5) is 19.5. The molecular formula is C14H14N4O2. The molecule has 3 rings (SSSR count). The third-order valence-electron chi connectivity index (χ3n) is 3.42. The number of hydrogen-bond donors (Lipinski definition) is 1. The fourth-order valence-corrected chi connectivity index (χ4v) is 2.42. The van der Waals surface area contributed by atoms with Gasteiger partial charge in [-0.15, -0.1) is 0 Å². The van der Waals surface area contributed by atoms with Gasteiger partial charge in [0.15, 0.2) is 5.82 Å². The third-order valence-corrected chi connectivity index (χ3v) is 3.42. The zero-order valence-corrected chi connectivity index (χ0v) is 11.1. The number of benzene rings is 1. The van der Waals surface area contributed by atoms with E-state index in [1.54, 1.807) is 12.1 Å². The molecule has 20 heavy (non-hydrogen) atoms. The topological polar surface area (TPSA) is 81.0 Å². The van der Waals surface area contributed by atoms with Crippen molar-refractivity contribution < 1.29 is 4.92 Å². The van der Waals surface area contributed by atoms with Crippen LogP contribution in [0.15, 0.2) is 24.3 Å². The van der Waals surface area contributed by atoms with Crippen LogP contribution in [0.5, 0.6) is 0 Å². The zero-order valence-electron chi connectivity index (χ0n) is 11.1. The maximum absolute atomic E-state index is 10.8. The van der Waals surface area contributed by atoms with Gasteiger partial charge in [0.1, 0.15) is 0 Å². The first kappa shape index (κ1) is 12.7. The molecule has 1 aromatic carbocycles. The van der Waals surface area contributed by atoms with Crippen molar-refractivity contribution in [1.29, 1.82) is 0 Å². The Balaban J connectivity index is 2.11. The van der Waals surface area contributed by atoms with Gasteiger partial charge >= 0.3 is 0 Å². The Bertz CT molecular complexity index is 685. The molecule has 1 aliphatic heterocycles. The van der Waals surface area contributed by atoms with Gasteiger partial charge in [0.05, 0.1) is 10.6 Å². The van der Waals surface area contributed by atoms with Gasteiger partial charge < -0.3 is 5.32 Å². The van der Waals surface area contributed by atoms with Crippen LogP contribution in [0.3, 0.4) is 0 Å². The Morgan fingerprint density at radius 1 is 1.35 bits per heavy atom. The second-order valence-electron chi connectivity index (χ2n) is 4.68. The Kier molecular flexibility index (Phi) is 3.15. The maximum Gasteiger partial charge on any atom is 0.270 e. The molecule has 0 bridgehead atoms. The van der Waals surface area contributed by atoms with E-state index in [1.807, 2.05) is 0 Å². The number of nitro benzene ring substituents is 1. The number of aryl methyl sites for hydroxylation is 1. The number of hydrogen-bond acceptors (Lipinski definition) is 5. The Morgan fingerprint density at radius 2 is 2.20 bits per heavy atom. The Hall–Kier alpha value is -2.34. The predicted octanol–water partition coefficient (Wildman–Crippen LogP) is 2.22. The summed E-state index contributed by atoms with van der Waals surface area (Å²) in [5.41, 5.74) is 3.92. The quantitative estimate of drug-likeness (QED) is 0.683. The molecule has 0 fully saturated rings. The van der Waals surface area contributed by atoms with E-state index in [4.69, 9.17) is 0 Å². The summed E-state index contributed by atoms with van der Waals surface area (Å²) in [6.07, 6.45) is 0.828. The summed E-state index contributed by atoms with van der Waals surface area (Å²) < 4.78 is 0. The van der Waals surface area contributed by atoms with Crippen molar-refractivity contribution in [1.82, 2.24) is 15.3 Å².